The number of anilines is 1. The Morgan fingerprint density at radius 3 is 3.07 bits per heavy atom. The molecule has 0 bridgehead atoms. The van der Waals surface area contributed by atoms with Crippen molar-refractivity contribution in [3.8, 4) is 0 Å². The van der Waals surface area contributed by atoms with Crippen LogP contribution in [0.1, 0.15) is 4.88 Å². The lowest BCUT2D eigenvalue weighted by atomic mass is 10.4. The fourth-order valence-electron chi connectivity index (χ4n) is 1.13. The molecule has 14 heavy (non-hydrogen) atoms. The molecule has 0 spiro atoms. The zero-order valence-electron chi connectivity index (χ0n) is 7.70. The number of aromatic nitrogens is 2. The molecule has 3 nitrogen and oxygen atoms in total. The number of hydrogen-bond donors (Lipinski definition) is 1. The molecule has 1 N–H and O–H groups in total. The SMILES string of the molecule is Cn1ccc(NCc2cc(Br)cs2)n1. The summed E-state index contributed by atoms with van der Waals surface area (Å²) in [6.07, 6.45) is 1.92. The Morgan fingerprint density at radius 1 is 1.64 bits per heavy atom. The van der Waals surface area contributed by atoms with Crippen LogP contribution in [-0.2, 0) is 13.6 Å². The van der Waals surface area contributed by atoms with Crippen LogP contribution < -0.4 is 5.32 Å². The summed E-state index contributed by atoms with van der Waals surface area (Å²) in [4.78, 5) is 1.29. The molecule has 2 aromatic rings. The van der Waals surface area contributed by atoms with E-state index >= 15 is 0 Å². The Hall–Kier alpha value is -0.810. The lowest BCUT2D eigenvalue weighted by Gasteiger charge is -1.98. The van der Waals surface area contributed by atoms with Gasteiger partial charge in [0.15, 0.2) is 0 Å². The number of nitrogens with zero attached hydrogens (tertiary/aromatic N) is 2. The van der Waals surface area contributed by atoms with Gasteiger partial charge in [-0.3, -0.25) is 4.68 Å². The second kappa shape index (κ2) is 4.14. The quantitative estimate of drug-likeness (QED) is 0.931. The summed E-state index contributed by atoms with van der Waals surface area (Å²) in [6, 6.07) is 4.07. The van der Waals surface area contributed by atoms with E-state index in [-0.39, 0.29) is 0 Å². The summed E-state index contributed by atoms with van der Waals surface area (Å²) >= 11 is 5.16. The summed E-state index contributed by atoms with van der Waals surface area (Å²) in [6.45, 7) is 0.827. The first-order valence-electron chi connectivity index (χ1n) is 4.20. The van der Waals surface area contributed by atoms with E-state index in [4.69, 9.17) is 0 Å². The Bertz CT molecular complexity index is 381. The Balaban J connectivity index is 1.94. The van der Waals surface area contributed by atoms with Gasteiger partial charge in [0.05, 0.1) is 6.54 Å². The molecule has 74 valence electrons. The number of halogens is 1. The van der Waals surface area contributed by atoms with Gasteiger partial charge in [0.1, 0.15) is 5.82 Å². The number of hydrogen-bond acceptors (Lipinski definition) is 3. The predicted octanol–water partition coefficient (Wildman–Crippen LogP) is 2.86. The zero-order chi connectivity index (χ0) is 9.97. The van der Waals surface area contributed by atoms with Crippen LogP contribution in [0.15, 0.2) is 28.2 Å². The van der Waals surface area contributed by atoms with Crippen LogP contribution in [0.3, 0.4) is 0 Å². The molecule has 0 saturated carbocycles. The standard InChI is InChI=1S/C9H10BrN3S/c1-13-3-2-9(12-13)11-5-8-4-7(10)6-14-8/h2-4,6H,5H2,1H3,(H,11,12). The van der Waals surface area contributed by atoms with Crippen molar-refractivity contribution >= 4 is 33.1 Å². The average molecular weight is 272 g/mol. The molecule has 0 aromatic carbocycles. The molecule has 0 radical (unpaired) electrons. The van der Waals surface area contributed by atoms with Crippen LogP contribution in [0.4, 0.5) is 5.82 Å². The van der Waals surface area contributed by atoms with Crippen molar-refractivity contribution in [1.82, 2.24) is 9.78 Å². The molecule has 5 heteroatoms. The van der Waals surface area contributed by atoms with Crippen molar-refractivity contribution in [3.05, 3.63) is 33.1 Å². The van der Waals surface area contributed by atoms with Gasteiger partial charge in [0.2, 0.25) is 0 Å². The molecule has 0 fully saturated rings. The predicted molar refractivity (Wildman–Crippen MR) is 62.6 cm³/mol. The van der Waals surface area contributed by atoms with Crippen molar-refractivity contribution in [2.75, 3.05) is 5.32 Å². The largest absolute Gasteiger partial charge is 0.364 e. The Labute approximate surface area is 94.9 Å². The number of rotatable bonds is 3. The van der Waals surface area contributed by atoms with Crippen molar-refractivity contribution in [2.45, 2.75) is 6.54 Å². The minimum Gasteiger partial charge on any atom is -0.364 e. The van der Waals surface area contributed by atoms with Gasteiger partial charge in [-0.1, -0.05) is 0 Å². The number of aryl methyl sites for hydroxylation is 1. The average Bonchev–Trinajstić information content (AvgIpc) is 2.72. The van der Waals surface area contributed by atoms with Crippen LogP contribution in [0.2, 0.25) is 0 Å². The lowest BCUT2D eigenvalue weighted by molar-refractivity contribution is 0.768. The van der Waals surface area contributed by atoms with Gasteiger partial charge in [-0.25, -0.2) is 0 Å². The molecule has 2 rings (SSSR count). The maximum absolute atomic E-state index is 4.23. The van der Waals surface area contributed by atoms with Crippen LogP contribution in [0.25, 0.3) is 0 Å². The van der Waals surface area contributed by atoms with Gasteiger partial charge in [0.25, 0.3) is 0 Å². The molecule has 0 unspecified atom stereocenters. The van der Waals surface area contributed by atoms with Crippen LogP contribution >= 0.6 is 27.3 Å². The van der Waals surface area contributed by atoms with Gasteiger partial charge < -0.3 is 5.32 Å². The third-order valence-corrected chi connectivity index (χ3v) is 3.48. The normalized spacial score (nSPS) is 10.4. The molecule has 2 heterocycles. The highest BCUT2D eigenvalue weighted by molar-refractivity contribution is 9.10. The van der Waals surface area contributed by atoms with E-state index in [1.54, 1.807) is 16.0 Å². The highest BCUT2D eigenvalue weighted by Crippen LogP contribution is 2.20. The van der Waals surface area contributed by atoms with E-state index in [2.05, 4.69) is 37.8 Å². The van der Waals surface area contributed by atoms with Gasteiger partial charge in [0, 0.05) is 34.0 Å². The molecule has 0 saturated heterocycles. The maximum atomic E-state index is 4.23. The van der Waals surface area contributed by atoms with Gasteiger partial charge in [-0.2, -0.15) is 5.10 Å². The van der Waals surface area contributed by atoms with Crippen LogP contribution in [-0.4, -0.2) is 9.78 Å². The van der Waals surface area contributed by atoms with Crippen LogP contribution in [0.5, 0.6) is 0 Å². The van der Waals surface area contributed by atoms with Crippen molar-refractivity contribution in [2.24, 2.45) is 7.05 Å². The van der Waals surface area contributed by atoms with E-state index in [0.717, 1.165) is 16.8 Å². The first kappa shape index (κ1) is 9.73. The monoisotopic (exact) mass is 271 g/mol. The fraction of sp³-hybridized carbons (Fsp3) is 0.222. The second-order valence-corrected chi connectivity index (χ2v) is 4.87. The zero-order valence-corrected chi connectivity index (χ0v) is 10.1. The third kappa shape index (κ3) is 2.36. The molecule has 2 aromatic heterocycles. The number of nitrogens with one attached hydrogen (secondary N) is 1. The Morgan fingerprint density at radius 2 is 2.50 bits per heavy atom. The minimum atomic E-state index is 0.827. The molecule has 0 atom stereocenters. The van der Waals surface area contributed by atoms with E-state index in [9.17, 15) is 0 Å². The Kier molecular flexibility index (Phi) is 2.88. The van der Waals surface area contributed by atoms with Gasteiger partial charge in [-0.15, -0.1) is 11.3 Å². The smallest absolute Gasteiger partial charge is 0.148 e. The van der Waals surface area contributed by atoms with E-state index in [1.807, 2.05) is 19.3 Å². The summed E-state index contributed by atoms with van der Waals surface area (Å²) in [7, 11) is 1.91. The summed E-state index contributed by atoms with van der Waals surface area (Å²) in [5, 5.41) is 9.56. The van der Waals surface area contributed by atoms with E-state index in [1.165, 1.54) is 4.88 Å². The molecular formula is C9H10BrN3S. The minimum absolute atomic E-state index is 0.827. The van der Waals surface area contributed by atoms with E-state index in [0.29, 0.717) is 0 Å². The summed E-state index contributed by atoms with van der Waals surface area (Å²) in [5.74, 6) is 0.914. The highest BCUT2D eigenvalue weighted by Gasteiger charge is 1.99. The molecule has 0 aliphatic carbocycles. The lowest BCUT2D eigenvalue weighted by Crippen LogP contribution is -1.98. The molecular weight excluding hydrogens is 262 g/mol. The first-order chi connectivity index (χ1) is 6.74. The molecule has 0 aliphatic heterocycles. The summed E-state index contributed by atoms with van der Waals surface area (Å²) < 4.78 is 2.92. The van der Waals surface area contributed by atoms with Gasteiger partial charge in [-0.05, 0) is 22.0 Å². The van der Waals surface area contributed by atoms with Crippen LogP contribution in [0, 0.1) is 0 Å². The molecule has 0 amide bonds. The first-order valence-corrected chi connectivity index (χ1v) is 5.88. The van der Waals surface area contributed by atoms with Gasteiger partial charge >= 0.3 is 0 Å². The number of thiophene rings is 1. The summed E-state index contributed by atoms with van der Waals surface area (Å²) in [5.41, 5.74) is 0. The maximum Gasteiger partial charge on any atom is 0.148 e. The molecule has 0 aliphatic rings. The fourth-order valence-corrected chi connectivity index (χ4v) is 2.52. The highest BCUT2D eigenvalue weighted by atomic mass is 79.9. The second-order valence-electron chi connectivity index (χ2n) is 2.96. The van der Waals surface area contributed by atoms with Crippen molar-refractivity contribution in [1.29, 1.82) is 0 Å². The van der Waals surface area contributed by atoms with Crippen molar-refractivity contribution < 1.29 is 0 Å². The topological polar surface area (TPSA) is 29.9 Å². The van der Waals surface area contributed by atoms with E-state index < -0.39 is 0 Å². The van der Waals surface area contributed by atoms with Crippen molar-refractivity contribution in [3.63, 3.8) is 0 Å². The third-order valence-electron chi connectivity index (χ3n) is 1.78.